The van der Waals surface area contributed by atoms with Crippen LogP contribution in [0.15, 0.2) is 24.3 Å². The van der Waals surface area contributed by atoms with Gasteiger partial charge in [0, 0.05) is 12.1 Å². The molecule has 1 heterocycles. The van der Waals surface area contributed by atoms with Crippen LogP contribution in [0.1, 0.15) is 10.4 Å². The van der Waals surface area contributed by atoms with E-state index in [-0.39, 0.29) is 16.5 Å². The fraction of sp³-hybridized carbons (Fsp3) is 0. The van der Waals surface area contributed by atoms with Crippen LogP contribution in [-0.4, -0.2) is 16.1 Å². The van der Waals surface area contributed by atoms with E-state index >= 15 is 0 Å². The lowest BCUT2D eigenvalue weighted by Crippen LogP contribution is -2.07. The smallest absolute Gasteiger partial charge is 0.339 e. The van der Waals surface area contributed by atoms with Crippen molar-refractivity contribution in [3.05, 3.63) is 52.4 Å². The minimum Gasteiger partial charge on any atom is -0.478 e. The molecule has 4 nitrogen and oxygen atoms in total. The summed E-state index contributed by atoms with van der Waals surface area (Å²) in [6.45, 7) is 0. The van der Waals surface area contributed by atoms with Gasteiger partial charge in [-0.05, 0) is 12.1 Å². The fourth-order valence-corrected chi connectivity index (χ4v) is 1.63. The molecule has 104 valence electrons. The van der Waals surface area contributed by atoms with Crippen molar-refractivity contribution in [1.82, 2.24) is 4.98 Å². The number of carboxylic acids is 1. The number of anilines is 2. The first kappa shape index (κ1) is 14.1. The minimum absolute atomic E-state index is 0.0690. The van der Waals surface area contributed by atoms with Gasteiger partial charge in [-0.3, -0.25) is 0 Å². The first-order valence-electron chi connectivity index (χ1n) is 5.20. The minimum atomic E-state index is -1.36. The van der Waals surface area contributed by atoms with E-state index in [4.69, 9.17) is 16.7 Å². The molecule has 0 atom stereocenters. The predicted octanol–water partition coefficient (Wildman–Crippen LogP) is 3.59. The van der Waals surface area contributed by atoms with Crippen LogP contribution in [0.2, 0.25) is 5.15 Å². The highest BCUT2D eigenvalue weighted by atomic mass is 35.5. The summed E-state index contributed by atoms with van der Waals surface area (Å²) in [4.78, 5) is 14.6. The molecule has 8 heteroatoms. The SMILES string of the molecule is O=C(O)c1ccc(Cl)nc1Nc1c(F)cc(F)cc1F. The third-order valence-corrected chi connectivity index (χ3v) is 2.55. The predicted molar refractivity (Wildman–Crippen MR) is 65.8 cm³/mol. The van der Waals surface area contributed by atoms with E-state index in [1.165, 1.54) is 6.07 Å². The first-order chi connectivity index (χ1) is 9.38. The van der Waals surface area contributed by atoms with Crippen LogP contribution < -0.4 is 5.32 Å². The molecule has 0 amide bonds. The second-order valence-corrected chi connectivity index (χ2v) is 4.09. The van der Waals surface area contributed by atoms with Crippen molar-refractivity contribution in [3.8, 4) is 0 Å². The number of nitrogens with one attached hydrogen (secondary N) is 1. The molecule has 0 saturated carbocycles. The van der Waals surface area contributed by atoms with Crippen LogP contribution in [0, 0.1) is 17.5 Å². The number of carboxylic acid groups (broad SMARTS) is 1. The lowest BCUT2D eigenvalue weighted by Gasteiger charge is -2.10. The average Bonchev–Trinajstić information content (AvgIpc) is 2.33. The maximum Gasteiger partial charge on any atom is 0.339 e. The van der Waals surface area contributed by atoms with Crippen LogP contribution in [0.3, 0.4) is 0 Å². The monoisotopic (exact) mass is 302 g/mol. The van der Waals surface area contributed by atoms with Crippen LogP contribution in [0.5, 0.6) is 0 Å². The van der Waals surface area contributed by atoms with Crippen molar-refractivity contribution >= 4 is 29.1 Å². The van der Waals surface area contributed by atoms with E-state index in [0.29, 0.717) is 12.1 Å². The number of hydrogen-bond acceptors (Lipinski definition) is 3. The molecule has 0 aliphatic carbocycles. The Kier molecular flexibility index (Phi) is 3.80. The zero-order chi connectivity index (χ0) is 14.9. The molecule has 1 aromatic carbocycles. The van der Waals surface area contributed by atoms with Crippen molar-refractivity contribution in [3.63, 3.8) is 0 Å². The number of aromatic carboxylic acids is 1. The summed E-state index contributed by atoms with van der Waals surface area (Å²) in [6, 6.07) is 3.25. The van der Waals surface area contributed by atoms with E-state index in [1.807, 2.05) is 0 Å². The molecule has 0 bridgehead atoms. The zero-order valence-electron chi connectivity index (χ0n) is 9.62. The van der Waals surface area contributed by atoms with Crippen LogP contribution in [-0.2, 0) is 0 Å². The normalized spacial score (nSPS) is 10.4. The summed E-state index contributed by atoms with van der Waals surface area (Å²) in [6.07, 6.45) is 0. The van der Waals surface area contributed by atoms with E-state index in [2.05, 4.69) is 10.3 Å². The second kappa shape index (κ2) is 5.38. The number of hydrogen-bond donors (Lipinski definition) is 2. The standard InChI is InChI=1S/C12H6ClF3N2O2/c13-9-2-1-6(12(19)20)11(17-9)18-10-7(15)3-5(14)4-8(10)16/h1-4H,(H,17,18)(H,19,20). The van der Waals surface area contributed by atoms with Crippen LogP contribution >= 0.6 is 11.6 Å². The lowest BCUT2D eigenvalue weighted by atomic mass is 10.2. The Morgan fingerprint density at radius 1 is 1.20 bits per heavy atom. The molecule has 2 rings (SSSR count). The van der Waals surface area contributed by atoms with Gasteiger partial charge in [-0.15, -0.1) is 0 Å². The summed E-state index contributed by atoms with van der Waals surface area (Å²) >= 11 is 5.60. The molecule has 1 aromatic heterocycles. The Labute approximate surface area is 115 Å². The third kappa shape index (κ3) is 2.83. The number of rotatable bonds is 3. The van der Waals surface area contributed by atoms with E-state index in [9.17, 15) is 18.0 Å². The number of aromatic nitrogens is 1. The topological polar surface area (TPSA) is 62.2 Å². The summed E-state index contributed by atoms with van der Waals surface area (Å²) in [5, 5.41) is 11.0. The van der Waals surface area contributed by atoms with Crippen molar-refractivity contribution in [2.75, 3.05) is 5.32 Å². The van der Waals surface area contributed by atoms with Crippen molar-refractivity contribution < 1.29 is 23.1 Å². The van der Waals surface area contributed by atoms with Gasteiger partial charge in [0.1, 0.15) is 28.0 Å². The quantitative estimate of drug-likeness (QED) is 0.851. The van der Waals surface area contributed by atoms with E-state index in [0.717, 1.165) is 6.07 Å². The maximum absolute atomic E-state index is 13.5. The molecule has 0 unspecified atom stereocenters. The van der Waals surface area contributed by atoms with Gasteiger partial charge in [0.2, 0.25) is 0 Å². The highest BCUT2D eigenvalue weighted by Gasteiger charge is 2.17. The number of halogens is 4. The van der Waals surface area contributed by atoms with E-state index < -0.39 is 29.1 Å². The van der Waals surface area contributed by atoms with Gasteiger partial charge in [-0.25, -0.2) is 22.9 Å². The third-order valence-electron chi connectivity index (χ3n) is 2.34. The van der Waals surface area contributed by atoms with Gasteiger partial charge in [-0.2, -0.15) is 0 Å². The molecular formula is C12H6ClF3N2O2. The Balaban J connectivity index is 2.50. The maximum atomic E-state index is 13.5. The van der Waals surface area contributed by atoms with Crippen LogP contribution in [0.4, 0.5) is 24.7 Å². The Morgan fingerprint density at radius 2 is 1.80 bits per heavy atom. The van der Waals surface area contributed by atoms with Gasteiger partial charge in [0.05, 0.1) is 0 Å². The Bertz CT molecular complexity index is 671. The summed E-state index contributed by atoms with van der Waals surface area (Å²) in [5.41, 5.74) is -1.05. The fourth-order valence-electron chi connectivity index (χ4n) is 1.48. The molecule has 0 saturated heterocycles. The highest BCUT2D eigenvalue weighted by Crippen LogP contribution is 2.26. The summed E-state index contributed by atoms with van der Waals surface area (Å²) in [7, 11) is 0. The Hall–Kier alpha value is -2.28. The Morgan fingerprint density at radius 3 is 2.35 bits per heavy atom. The van der Waals surface area contributed by atoms with Gasteiger partial charge >= 0.3 is 5.97 Å². The molecule has 0 radical (unpaired) electrons. The van der Waals surface area contributed by atoms with Crippen molar-refractivity contribution in [2.24, 2.45) is 0 Å². The number of nitrogens with zero attached hydrogens (tertiary/aromatic N) is 1. The summed E-state index contributed by atoms with van der Waals surface area (Å²) < 4.78 is 39.7. The average molecular weight is 303 g/mol. The van der Waals surface area contributed by atoms with Crippen molar-refractivity contribution in [1.29, 1.82) is 0 Å². The second-order valence-electron chi connectivity index (χ2n) is 3.70. The van der Waals surface area contributed by atoms with Gasteiger partial charge in [0.15, 0.2) is 11.6 Å². The lowest BCUT2D eigenvalue weighted by molar-refractivity contribution is 0.0697. The number of pyridine rings is 1. The zero-order valence-corrected chi connectivity index (χ0v) is 10.4. The molecule has 2 N–H and O–H groups in total. The molecular weight excluding hydrogens is 297 g/mol. The molecule has 2 aromatic rings. The summed E-state index contributed by atoms with van der Waals surface area (Å²) in [5.74, 6) is -5.25. The molecule has 0 spiro atoms. The highest BCUT2D eigenvalue weighted by molar-refractivity contribution is 6.29. The van der Waals surface area contributed by atoms with Gasteiger partial charge in [0.25, 0.3) is 0 Å². The molecule has 0 aliphatic heterocycles. The van der Waals surface area contributed by atoms with Crippen molar-refractivity contribution in [2.45, 2.75) is 0 Å². The van der Waals surface area contributed by atoms with Crippen LogP contribution in [0.25, 0.3) is 0 Å². The number of carbonyl (C=O) groups is 1. The first-order valence-corrected chi connectivity index (χ1v) is 5.57. The van der Waals surface area contributed by atoms with Gasteiger partial charge in [-0.1, -0.05) is 11.6 Å². The van der Waals surface area contributed by atoms with Gasteiger partial charge < -0.3 is 10.4 Å². The number of benzene rings is 1. The molecule has 0 fully saturated rings. The molecule has 20 heavy (non-hydrogen) atoms. The van der Waals surface area contributed by atoms with E-state index in [1.54, 1.807) is 0 Å². The largest absolute Gasteiger partial charge is 0.478 e. The molecule has 0 aliphatic rings.